The fraction of sp³-hybridized carbons (Fsp3) is 0.714. The van der Waals surface area contributed by atoms with Gasteiger partial charge in [-0.25, -0.2) is 0 Å². The smallest absolute Gasteiger partial charge is 0.303 e. The minimum absolute atomic E-state index is 0.0401. The van der Waals surface area contributed by atoms with Gasteiger partial charge in [-0.15, -0.1) is 0 Å². The van der Waals surface area contributed by atoms with Gasteiger partial charge in [0.15, 0.2) is 0 Å². The van der Waals surface area contributed by atoms with Crippen molar-refractivity contribution in [3.63, 3.8) is 0 Å². The molecule has 0 aliphatic rings. The SMILES string of the molecule is C[C@H](N)C(=O)CCCC(=O)O. The van der Waals surface area contributed by atoms with E-state index in [-0.39, 0.29) is 18.6 Å². The van der Waals surface area contributed by atoms with E-state index < -0.39 is 12.0 Å². The second-order valence-corrected chi connectivity index (χ2v) is 2.50. The van der Waals surface area contributed by atoms with E-state index in [4.69, 9.17) is 10.8 Å². The number of aliphatic carboxylic acids is 1. The molecule has 64 valence electrons. The van der Waals surface area contributed by atoms with Crippen LogP contribution in [0.5, 0.6) is 0 Å². The third kappa shape index (κ3) is 5.54. The molecule has 0 aliphatic heterocycles. The van der Waals surface area contributed by atoms with Crippen LogP contribution in [-0.2, 0) is 9.59 Å². The molecule has 0 unspecified atom stereocenters. The summed E-state index contributed by atoms with van der Waals surface area (Å²) in [6.07, 6.45) is 0.693. The van der Waals surface area contributed by atoms with Crippen LogP contribution in [0.2, 0.25) is 0 Å². The first kappa shape index (κ1) is 10.1. The number of carbonyl (C=O) groups is 2. The van der Waals surface area contributed by atoms with Crippen molar-refractivity contribution in [1.29, 1.82) is 0 Å². The monoisotopic (exact) mass is 159 g/mol. The summed E-state index contributed by atoms with van der Waals surface area (Å²) < 4.78 is 0. The van der Waals surface area contributed by atoms with Gasteiger partial charge in [-0.1, -0.05) is 0 Å². The zero-order chi connectivity index (χ0) is 8.85. The van der Waals surface area contributed by atoms with Crippen LogP contribution in [0.1, 0.15) is 26.2 Å². The molecule has 0 aliphatic carbocycles. The number of carbonyl (C=O) groups excluding carboxylic acids is 1. The van der Waals surface area contributed by atoms with Gasteiger partial charge in [0.2, 0.25) is 0 Å². The van der Waals surface area contributed by atoms with Gasteiger partial charge in [-0.2, -0.15) is 0 Å². The first-order valence-corrected chi connectivity index (χ1v) is 3.54. The number of ketones is 1. The Hall–Kier alpha value is -0.900. The quantitative estimate of drug-likeness (QED) is 0.598. The number of rotatable bonds is 5. The fourth-order valence-electron chi connectivity index (χ4n) is 0.642. The molecule has 0 rings (SSSR count). The molecule has 0 radical (unpaired) electrons. The van der Waals surface area contributed by atoms with Crippen molar-refractivity contribution in [3.8, 4) is 0 Å². The van der Waals surface area contributed by atoms with E-state index in [0.29, 0.717) is 6.42 Å². The highest BCUT2D eigenvalue weighted by atomic mass is 16.4. The number of carboxylic acids is 1. The maximum atomic E-state index is 10.8. The molecule has 11 heavy (non-hydrogen) atoms. The first-order chi connectivity index (χ1) is 5.04. The Labute approximate surface area is 65.4 Å². The molecule has 0 bridgehead atoms. The maximum absolute atomic E-state index is 10.8. The highest BCUT2D eigenvalue weighted by molar-refractivity contribution is 5.83. The van der Waals surface area contributed by atoms with Crippen molar-refractivity contribution in [2.45, 2.75) is 32.2 Å². The van der Waals surface area contributed by atoms with E-state index in [0.717, 1.165) is 0 Å². The molecule has 4 heteroatoms. The predicted molar refractivity (Wildman–Crippen MR) is 40.1 cm³/mol. The third-order valence-corrected chi connectivity index (χ3v) is 1.32. The summed E-state index contributed by atoms with van der Waals surface area (Å²) in [5.74, 6) is -0.950. The number of nitrogens with two attached hydrogens (primary N) is 1. The minimum atomic E-state index is -0.873. The number of carboxylic acid groups (broad SMARTS) is 1. The van der Waals surface area contributed by atoms with Gasteiger partial charge in [-0.3, -0.25) is 9.59 Å². The molecule has 3 N–H and O–H groups in total. The van der Waals surface area contributed by atoms with Crippen LogP contribution in [0.25, 0.3) is 0 Å². The van der Waals surface area contributed by atoms with Crippen LogP contribution in [0, 0.1) is 0 Å². The van der Waals surface area contributed by atoms with E-state index in [9.17, 15) is 9.59 Å². The maximum Gasteiger partial charge on any atom is 0.303 e. The second-order valence-electron chi connectivity index (χ2n) is 2.50. The lowest BCUT2D eigenvalue weighted by atomic mass is 10.1. The molecular weight excluding hydrogens is 146 g/mol. The van der Waals surface area contributed by atoms with Gasteiger partial charge in [0.25, 0.3) is 0 Å². The van der Waals surface area contributed by atoms with Gasteiger partial charge < -0.3 is 10.8 Å². The predicted octanol–water partition coefficient (Wildman–Crippen LogP) is 0.158. The molecule has 1 atom stereocenters. The molecule has 0 aromatic heterocycles. The zero-order valence-electron chi connectivity index (χ0n) is 6.54. The summed E-state index contributed by atoms with van der Waals surface area (Å²) in [4.78, 5) is 20.8. The van der Waals surface area contributed by atoms with Crippen LogP contribution in [0.3, 0.4) is 0 Å². The number of hydrogen-bond donors (Lipinski definition) is 2. The van der Waals surface area contributed by atoms with Crippen LogP contribution in [0.15, 0.2) is 0 Å². The van der Waals surface area contributed by atoms with Crippen LogP contribution >= 0.6 is 0 Å². The highest BCUT2D eigenvalue weighted by Gasteiger charge is 2.07. The standard InChI is InChI=1S/C7H13NO3/c1-5(8)6(9)3-2-4-7(10)11/h5H,2-4,8H2,1H3,(H,10,11)/t5-/m0/s1. The molecule has 0 saturated carbocycles. The molecule has 0 spiro atoms. The normalized spacial score (nSPS) is 12.5. The Morgan fingerprint density at radius 2 is 2.00 bits per heavy atom. The third-order valence-electron chi connectivity index (χ3n) is 1.32. The number of hydrogen-bond acceptors (Lipinski definition) is 3. The molecular formula is C7H13NO3. The zero-order valence-corrected chi connectivity index (χ0v) is 6.54. The topological polar surface area (TPSA) is 80.4 Å². The van der Waals surface area contributed by atoms with Crippen LogP contribution in [0.4, 0.5) is 0 Å². The molecule has 0 amide bonds. The summed E-state index contributed by atoms with van der Waals surface area (Å²) in [7, 11) is 0. The van der Waals surface area contributed by atoms with E-state index in [1.165, 1.54) is 0 Å². The molecule has 0 heterocycles. The van der Waals surface area contributed by atoms with Gasteiger partial charge in [0.05, 0.1) is 6.04 Å². The van der Waals surface area contributed by atoms with E-state index in [1.54, 1.807) is 6.92 Å². The van der Waals surface area contributed by atoms with Gasteiger partial charge in [0, 0.05) is 12.8 Å². The van der Waals surface area contributed by atoms with Gasteiger partial charge in [-0.05, 0) is 13.3 Å². The van der Waals surface area contributed by atoms with E-state index >= 15 is 0 Å². The van der Waals surface area contributed by atoms with Crippen molar-refractivity contribution in [3.05, 3.63) is 0 Å². The Kier molecular flexibility index (Phi) is 4.45. The van der Waals surface area contributed by atoms with Gasteiger partial charge >= 0.3 is 5.97 Å². The molecule has 0 aromatic carbocycles. The lowest BCUT2D eigenvalue weighted by Gasteiger charge is -2.01. The average Bonchev–Trinajstić information content (AvgIpc) is 1.86. The molecule has 4 nitrogen and oxygen atoms in total. The van der Waals surface area contributed by atoms with Gasteiger partial charge in [0.1, 0.15) is 5.78 Å². The van der Waals surface area contributed by atoms with E-state index in [2.05, 4.69) is 0 Å². The summed E-state index contributed by atoms with van der Waals surface area (Å²) in [6.45, 7) is 1.60. The summed E-state index contributed by atoms with van der Waals surface area (Å²) >= 11 is 0. The number of Topliss-reactive ketones (excluding diaryl/α,β-unsaturated/α-hetero) is 1. The minimum Gasteiger partial charge on any atom is -0.481 e. The van der Waals surface area contributed by atoms with Crippen LogP contribution in [-0.4, -0.2) is 22.9 Å². The van der Waals surface area contributed by atoms with Crippen molar-refractivity contribution >= 4 is 11.8 Å². The van der Waals surface area contributed by atoms with Crippen molar-refractivity contribution in [1.82, 2.24) is 0 Å². The average molecular weight is 159 g/mol. The first-order valence-electron chi connectivity index (χ1n) is 3.54. The van der Waals surface area contributed by atoms with Crippen molar-refractivity contribution in [2.24, 2.45) is 5.73 Å². The highest BCUT2D eigenvalue weighted by Crippen LogP contribution is 1.97. The molecule has 0 saturated heterocycles. The lowest BCUT2D eigenvalue weighted by Crippen LogP contribution is -2.26. The summed E-state index contributed by atoms with van der Waals surface area (Å²) in [5.41, 5.74) is 5.26. The summed E-state index contributed by atoms with van der Waals surface area (Å²) in [5, 5.41) is 8.22. The molecule has 0 fully saturated rings. The summed E-state index contributed by atoms with van der Waals surface area (Å²) in [6, 6.07) is -0.469. The van der Waals surface area contributed by atoms with Crippen molar-refractivity contribution in [2.75, 3.05) is 0 Å². The Bertz CT molecular complexity index is 154. The van der Waals surface area contributed by atoms with E-state index in [1.807, 2.05) is 0 Å². The van der Waals surface area contributed by atoms with Crippen molar-refractivity contribution < 1.29 is 14.7 Å². The Balaban J connectivity index is 3.39. The fourth-order valence-corrected chi connectivity index (χ4v) is 0.642. The van der Waals surface area contributed by atoms with Crippen LogP contribution < -0.4 is 5.73 Å². The Morgan fingerprint density at radius 1 is 1.45 bits per heavy atom. The largest absolute Gasteiger partial charge is 0.481 e. The molecule has 0 aromatic rings. The second kappa shape index (κ2) is 4.85. The Morgan fingerprint density at radius 3 is 2.36 bits per heavy atom. The lowest BCUT2D eigenvalue weighted by molar-refractivity contribution is -0.137.